The molecule has 82 valence electrons. The van der Waals surface area contributed by atoms with Crippen LogP contribution >= 0.6 is 0 Å². The second kappa shape index (κ2) is 4.67. The van der Waals surface area contributed by atoms with E-state index in [9.17, 15) is 0 Å². The van der Waals surface area contributed by atoms with Gasteiger partial charge in [-0.05, 0) is 37.8 Å². The summed E-state index contributed by atoms with van der Waals surface area (Å²) in [5, 5.41) is 0. The summed E-state index contributed by atoms with van der Waals surface area (Å²) in [4.78, 5) is 0. The highest BCUT2D eigenvalue weighted by Crippen LogP contribution is 2.26. The molecule has 1 saturated heterocycles. The lowest BCUT2D eigenvalue weighted by Gasteiger charge is -2.25. The quantitative estimate of drug-likeness (QED) is 0.739. The summed E-state index contributed by atoms with van der Waals surface area (Å²) < 4.78 is 11.5. The van der Waals surface area contributed by atoms with E-state index in [-0.39, 0.29) is 6.29 Å². The molecule has 0 N–H and O–H groups in total. The highest BCUT2D eigenvalue weighted by Gasteiger charge is 2.16. The van der Waals surface area contributed by atoms with Gasteiger partial charge in [0.25, 0.3) is 0 Å². The van der Waals surface area contributed by atoms with Crippen LogP contribution in [0.1, 0.15) is 30.4 Å². The second-order valence-electron chi connectivity index (χ2n) is 4.13. The normalized spacial score (nSPS) is 21.3. The first-order valence-electron chi connectivity index (χ1n) is 5.62. The van der Waals surface area contributed by atoms with Crippen LogP contribution in [0.3, 0.4) is 0 Å². The van der Waals surface area contributed by atoms with Crippen LogP contribution in [-0.2, 0) is 4.74 Å². The van der Waals surface area contributed by atoms with Crippen LogP contribution in [0.25, 0.3) is 0 Å². The van der Waals surface area contributed by atoms with Crippen LogP contribution in [0.5, 0.6) is 5.75 Å². The Labute approximate surface area is 91.2 Å². The fourth-order valence-corrected chi connectivity index (χ4v) is 1.92. The molecule has 15 heavy (non-hydrogen) atoms. The predicted molar refractivity (Wildman–Crippen MR) is 60.1 cm³/mol. The maximum Gasteiger partial charge on any atom is 0.199 e. The van der Waals surface area contributed by atoms with Gasteiger partial charge in [-0.25, -0.2) is 0 Å². The third kappa shape index (κ3) is 2.51. The monoisotopic (exact) mass is 206 g/mol. The average molecular weight is 206 g/mol. The van der Waals surface area contributed by atoms with E-state index >= 15 is 0 Å². The van der Waals surface area contributed by atoms with Crippen LogP contribution in [-0.4, -0.2) is 12.9 Å². The Morgan fingerprint density at radius 2 is 1.93 bits per heavy atom. The van der Waals surface area contributed by atoms with Crippen molar-refractivity contribution in [2.75, 3.05) is 6.61 Å². The summed E-state index contributed by atoms with van der Waals surface area (Å²) in [5.41, 5.74) is 2.37. The second-order valence-corrected chi connectivity index (χ2v) is 4.13. The molecule has 0 aromatic heterocycles. The highest BCUT2D eigenvalue weighted by molar-refractivity contribution is 5.39. The Bertz CT molecular complexity index is 307. The van der Waals surface area contributed by atoms with Crippen LogP contribution in [0.4, 0.5) is 0 Å². The summed E-state index contributed by atoms with van der Waals surface area (Å²) >= 11 is 0. The van der Waals surface area contributed by atoms with E-state index in [0.717, 1.165) is 25.2 Å². The molecule has 2 rings (SSSR count). The first-order valence-corrected chi connectivity index (χ1v) is 5.62. The fraction of sp³-hybridized carbons (Fsp3) is 0.538. The molecule has 0 bridgehead atoms. The summed E-state index contributed by atoms with van der Waals surface area (Å²) in [6.45, 7) is 4.98. The lowest BCUT2D eigenvalue weighted by Crippen LogP contribution is -2.25. The minimum atomic E-state index is -0.0430. The van der Waals surface area contributed by atoms with Crippen molar-refractivity contribution < 1.29 is 9.47 Å². The largest absolute Gasteiger partial charge is 0.464 e. The third-order valence-electron chi connectivity index (χ3n) is 2.80. The lowest BCUT2D eigenvalue weighted by atomic mass is 10.1. The molecular weight excluding hydrogens is 188 g/mol. The molecule has 0 radical (unpaired) electrons. The molecule has 1 atom stereocenters. The number of benzene rings is 1. The van der Waals surface area contributed by atoms with E-state index in [2.05, 4.69) is 32.0 Å². The number of rotatable bonds is 2. The van der Waals surface area contributed by atoms with Crippen molar-refractivity contribution >= 4 is 0 Å². The van der Waals surface area contributed by atoms with Crippen molar-refractivity contribution in [2.45, 2.75) is 39.4 Å². The average Bonchev–Trinajstić information content (AvgIpc) is 2.25. The number of hydrogen-bond acceptors (Lipinski definition) is 2. The van der Waals surface area contributed by atoms with Gasteiger partial charge < -0.3 is 9.47 Å². The molecule has 1 unspecified atom stereocenters. The Kier molecular flexibility index (Phi) is 3.27. The lowest BCUT2D eigenvalue weighted by molar-refractivity contribution is -0.106. The topological polar surface area (TPSA) is 18.5 Å². The molecule has 1 aromatic carbocycles. The van der Waals surface area contributed by atoms with Crippen LogP contribution in [0.15, 0.2) is 18.2 Å². The third-order valence-corrected chi connectivity index (χ3v) is 2.80. The molecule has 1 aromatic rings. The summed E-state index contributed by atoms with van der Waals surface area (Å²) in [6.07, 6.45) is 3.33. The molecule has 1 fully saturated rings. The summed E-state index contributed by atoms with van der Waals surface area (Å²) in [7, 11) is 0. The Morgan fingerprint density at radius 3 is 2.53 bits per heavy atom. The molecule has 0 spiro atoms. The molecule has 1 aliphatic heterocycles. The number of hydrogen-bond donors (Lipinski definition) is 0. The molecule has 1 aliphatic rings. The summed E-state index contributed by atoms with van der Waals surface area (Å²) in [5.74, 6) is 0.990. The van der Waals surface area contributed by atoms with Gasteiger partial charge in [-0.2, -0.15) is 0 Å². The zero-order valence-electron chi connectivity index (χ0n) is 9.45. The van der Waals surface area contributed by atoms with Crippen molar-refractivity contribution in [2.24, 2.45) is 0 Å². The fourth-order valence-electron chi connectivity index (χ4n) is 1.92. The van der Waals surface area contributed by atoms with E-state index in [4.69, 9.17) is 9.47 Å². The van der Waals surface area contributed by atoms with E-state index in [1.807, 2.05) is 0 Å². The van der Waals surface area contributed by atoms with Gasteiger partial charge in [-0.15, -0.1) is 0 Å². The van der Waals surface area contributed by atoms with Crippen molar-refractivity contribution in [1.82, 2.24) is 0 Å². The van der Waals surface area contributed by atoms with Crippen molar-refractivity contribution in [3.63, 3.8) is 0 Å². The van der Waals surface area contributed by atoms with Crippen molar-refractivity contribution in [3.8, 4) is 5.75 Å². The first kappa shape index (κ1) is 10.5. The molecular formula is C13H18O2. The maximum absolute atomic E-state index is 5.89. The Hall–Kier alpha value is -1.02. The first-order chi connectivity index (χ1) is 7.27. The maximum atomic E-state index is 5.89. The van der Waals surface area contributed by atoms with E-state index in [1.165, 1.54) is 17.5 Å². The molecule has 0 amide bonds. The number of para-hydroxylation sites is 1. The SMILES string of the molecule is Cc1cccc(C)c1OC1CCCCO1. The van der Waals surface area contributed by atoms with E-state index in [0.29, 0.717) is 0 Å². The van der Waals surface area contributed by atoms with Gasteiger partial charge in [-0.3, -0.25) is 0 Å². The van der Waals surface area contributed by atoms with Crippen molar-refractivity contribution in [1.29, 1.82) is 0 Å². The molecule has 2 heteroatoms. The summed E-state index contributed by atoms with van der Waals surface area (Å²) in [6, 6.07) is 6.20. The zero-order chi connectivity index (χ0) is 10.7. The predicted octanol–water partition coefficient (Wildman–Crippen LogP) is 3.21. The van der Waals surface area contributed by atoms with Gasteiger partial charge in [0, 0.05) is 6.42 Å². The Morgan fingerprint density at radius 1 is 1.20 bits per heavy atom. The molecule has 0 aliphatic carbocycles. The van der Waals surface area contributed by atoms with Gasteiger partial charge in [0.15, 0.2) is 6.29 Å². The Balaban J connectivity index is 2.09. The number of aryl methyl sites for hydroxylation is 2. The number of ether oxygens (including phenoxy) is 2. The van der Waals surface area contributed by atoms with E-state index in [1.54, 1.807) is 0 Å². The van der Waals surface area contributed by atoms with Gasteiger partial charge in [-0.1, -0.05) is 18.2 Å². The van der Waals surface area contributed by atoms with Crippen molar-refractivity contribution in [3.05, 3.63) is 29.3 Å². The minimum absolute atomic E-state index is 0.0430. The van der Waals surface area contributed by atoms with Crippen LogP contribution in [0, 0.1) is 13.8 Å². The van der Waals surface area contributed by atoms with Crippen LogP contribution < -0.4 is 4.74 Å². The van der Waals surface area contributed by atoms with Gasteiger partial charge in [0.2, 0.25) is 0 Å². The molecule has 2 nitrogen and oxygen atoms in total. The molecule has 0 saturated carbocycles. The van der Waals surface area contributed by atoms with Crippen LogP contribution in [0.2, 0.25) is 0 Å². The van der Waals surface area contributed by atoms with E-state index < -0.39 is 0 Å². The smallest absolute Gasteiger partial charge is 0.199 e. The van der Waals surface area contributed by atoms with Gasteiger partial charge >= 0.3 is 0 Å². The zero-order valence-corrected chi connectivity index (χ0v) is 9.45. The van der Waals surface area contributed by atoms with Gasteiger partial charge in [0.1, 0.15) is 5.75 Å². The minimum Gasteiger partial charge on any atom is -0.464 e. The standard InChI is InChI=1S/C13H18O2/c1-10-6-5-7-11(2)13(10)15-12-8-3-4-9-14-12/h5-7,12H,3-4,8-9H2,1-2H3. The van der Waals surface area contributed by atoms with Gasteiger partial charge in [0.05, 0.1) is 6.61 Å². The highest BCUT2D eigenvalue weighted by atomic mass is 16.7. The molecule has 1 heterocycles.